The standard InChI is InChI=1S/C23H23F2N5O3/c1-33-20-4-2-3-16(25)21(20)22-27-8-7-17(28-22)23(32)29-18-9-13(24)5-6-19(18)30-11-14(26)10-15(30)12-31/h2-9,14-15,31H,10-12,26H2,1H3,(H,29,32). The summed E-state index contributed by atoms with van der Waals surface area (Å²) in [5, 5.41) is 12.4. The molecule has 1 amide bonds. The van der Waals surface area contributed by atoms with Crippen molar-refractivity contribution < 1.29 is 23.4 Å². The van der Waals surface area contributed by atoms with E-state index in [1.165, 1.54) is 49.7 Å². The number of methoxy groups -OCH3 is 1. The van der Waals surface area contributed by atoms with Crippen LogP contribution in [0.1, 0.15) is 16.9 Å². The van der Waals surface area contributed by atoms with Gasteiger partial charge in [0.15, 0.2) is 5.82 Å². The van der Waals surface area contributed by atoms with Crippen LogP contribution in [0.5, 0.6) is 5.75 Å². The van der Waals surface area contributed by atoms with Crippen molar-refractivity contribution in [1.29, 1.82) is 0 Å². The third kappa shape index (κ3) is 4.62. The van der Waals surface area contributed by atoms with Crippen molar-refractivity contribution in [2.24, 2.45) is 5.73 Å². The lowest BCUT2D eigenvalue weighted by Gasteiger charge is -2.27. The van der Waals surface area contributed by atoms with Gasteiger partial charge in [-0.25, -0.2) is 18.7 Å². The van der Waals surface area contributed by atoms with Gasteiger partial charge in [-0.2, -0.15) is 0 Å². The normalized spacial score (nSPS) is 17.8. The van der Waals surface area contributed by atoms with Crippen LogP contribution >= 0.6 is 0 Å². The molecule has 33 heavy (non-hydrogen) atoms. The van der Waals surface area contributed by atoms with Gasteiger partial charge in [-0.1, -0.05) is 6.07 Å². The topological polar surface area (TPSA) is 114 Å². The Morgan fingerprint density at radius 3 is 2.88 bits per heavy atom. The summed E-state index contributed by atoms with van der Waals surface area (Å²) in [5.74, 6) is -1.58. The SMILES string of the molecule is COc1cccc(F)c1-c1nccc(C(=O)Nc2cc(F)ccc2N2CC(N)CC2CO)n1. The molecule has 2 atom stereocenters. The van der Waals surface area contributed by atoms with Crippen molar-refractivity contribution in [3.8, 4) is 17.1 Å². The Kier molecular flexibility index (Phi) is 6.47. The van der Waals surface area contributed by atoms with E-state index in [9.17, 15) is 18.7 Å². The quantitative estimate of drug-likeness (QED) is 0.524. The average Bonchev–Trinajstić information content (AvgIpc) is 3.19. The number of aliphatic hydroxyl groups excluding tert-OH is 1. The third-order valence-corrected chi connectivity index (χ3v) is 5.48. The molecular weight excluding hydrogens is 432 g/mol. The number of hydrogen-bond donors (Lipinski definition) is 3. The van der Waals surface area contributed by atoms with Crippen LogP contribution in [-0.2, 0) is 0 Å². The van der Waals surface area contributed by atoms with E-state index >= 15 is 0 Å². The molecule has 10 heteroatoms. The van der Waals surface area contributed by atoms with E-state index in [0.29, 0.717) is 18.7 Å². The number of anilines is 2. The van der Waals surface area contributed by atoms with Gasteiger partial charge in [0, 0.05) is 18.8 Å². The molecule has 1 aliphatic heterocycles. The Balaban J connectivity index is 1.66. The van der Waals surface area contributed by atoms with E-state index in [4.69, 9.17) is 10.5 Å². The molecule has 8 nitrogen and oxygen atoms in total. The summed E-state index contributed by atoms with van der Waals surface area (Å²) in [6.07, 6.45) is 1.90. The highest BCUT2D eigenvalue weighted by Gasteiger charge is 2.31. The van der Waals surface area contributed by atoms with E-state index in [-0.39, 0.29) is 47.2 Å². The Hall–Kier alpha value is -3.63. The van der Waals surface area contributed by atoms with Crippen molar-refractivity contribution in [1.82, 2.24) is 9.97 Å². The van der Waals surface area contributed by atoms with Gasteiger partial charge in [0.1, 0.15) is 23.1 Å². The largest absolute Gasteiger partial charge is 0.496 e. The first-order valence-electron chi connectivity index (χ1n) is 10.3. The second kappa shape index (κ2) is 9.47. The number of nitrogens with zero attached hydrogens (tertiary/aromatic N) is 3. The summed E-state index contributed by atoms with van der Waals surface area (Å²) in [4.78, 5) is 23.1. The molecule has 1 fully saturated rings. The number of carbonyl (C=O) groups is 1. The number of halogens is 2. The Labute approximate surface area is 189 Å². The van der Waals surface area contributed by atoms with Crippen LogP contribution in [-0.4, -0.2) is 53.3 Å². The minimum Gasteiger partial charge on any atom is -0.496 e. The summed E-state index contributed by atoms with van der Waals surface area (Å²) >= 11 is 0. The summed E-state index contributed by atoms with van der Waals surface area (Å²) < 4.78 is 33.7. The van der Waals surface area contributed by atoms with Crippen molar-refractivity contribution >= 4 is 17.3 Å². The van der Waals surface area contributed by atoms with E-state index in [2.05, 4.69) is 15.3 Å². The van der Waals surface area contributed by atoms with Crippen LogP contribution in [0.3, 0.4) is 0 Å². The van der Waals surface area contributed by atoms with Crippen molar-refractivity contribution in [3.05, 3.63) is 66.0 Å². The highest BCUT2D eigenvalue weighted by molar-refractivity contribution is 6.05. The van der Waals surface area contributed by atoms with Crippen LogP contribution in [0, 0.1) is 11.6 Å². The first-order valence-corrected chi connectivity index (χ1v) is 10.3. The fourth-order valence-corrected chi connectivity index (χ4v) is 3.96. The smallest absolute Gasteiger partial charge is 0.274 e. The molecule has 1 saturated heterocycles. The van der Waals surface area contributed by atoms with Gasteiger partial charge >= 0.3 is 0 Å². The monoisotopic (exact) mass is 455 g/mol. The summed E-state index contributed by atoms with van der Waals surface area (Å²) in [6, 6.07) is 9.25. The van der Waals surface area contributed by atoms with Crippen molar-refractivity contribution in [2.75, 3.05) is 30.5 Å². The zero-order valence-electron chi connectivity index (χ0n) is 17.8. The maximum absolute atomic E-state index is 14.4. The molecule has 3 aromatic rings. The van der Waals surface area contributed by atoms with Gasteiger partial charge < -0.3 is 25.8 Å². The Morgan fingerprint density at radius 1 is 1.30 bits per heavy atom. The van der Waals surface area contributed by atoms with Gasteiger partial charge in [0.05, 0.1) is 36.7 Å². The second-order valence-electron chi connectivity index (χ2n) is 7.68. The molecule has 0 aliphatic carbocycles. The average molecular weight is 455 g/mol. The van der Waals surface area contributed by atoms with E-state index in [0.717, 1.165) is 0 Å². The first-order chi connectivity index (χ1) is 15.9. The van der Waals surface area contributed by atoms with E-state index < -0.39 is 17.5 Å². The van der Waals surface area contributed by atoms with Gasteiger partial charge in [-0.05, 0) is 42.8 Å². The third-order valence-electron chi connectivity index (χ3n) is 5.48. The second-order valence-corrected chi connectivity index (χ2v) is 7.68. The van der Waals surface area contributed by atoms with E-state index in [1.54, 1.807) is 6.07 Å². The number of amides is 1. The summed E-state index contributed by atoms with van der Waals surface area (Å²) in [7, 11) is 1.39. The zero-order valence-corrected chi connectivity index (χ0v) is 17.8. The molecule has 2 aromatic carbocycles. The fraction of sp³-hybridized carbons (Fsp3) is 0.261. The molecule has 2 heterocycles. The maximum Gasteiger partial charge on any atom is 0.274 e. The molecule has 172 valence electrons. The lowest BCUT2D eigenvalue weighted by molar-refractivity contribution is 0.102. The molecule has 4 rings (SSSR count). The molecule has 2 unspecified atom stereocenters. The number of aromatic nitrogens is 2. The number of aliphatic hydroxyl groups is 1. The molecule has 0 spiro atoms. The van der Waals surface area contributed by atoms with Crippen LogP contribution in [0.4, 0.5) is 20.2 Å². The molecular formula is C23H23F2N5O3. The number of carbonyl (C=O) groups excluding carboxylic acids is 1. The van der Waals surface area contributed by atoms with Crippen LogP contribution in [0.25, 0.3) is 11.4 Å². The van der Waals surface area contributed by atoms with Crippen molar-refractivity contribution in [3.63, 3.8) is 0 Å². The van der Waals surface area contributed by atoms with E-state index in [1.807, 2.05) is 4.90 Å². The molecule has 0 bridgehead atoms. The predicted octanol–water partition coefficient (Wildman–Crippen LogP) is 2.58. The number of benzene rings is 2. The Morgan fingerprint density at radius 2 is 2.12 bits per heavy atom. The Bertz CT molecular complexity index is 1180. The molecule has 1 aliphatic rings. The lowest BCUT2D eigenvalue weighted by atomic mass is 10.1. The van der Waals surface area contributed by atoms with Gasteiger partial charge in [-0.15, -0.1) is 0 Å². The van der Waals surface area contributed by atoms with Gasteiger partial charge in [0.25, 0.3) is 5.91 Å². The van der Waals surface area contributed by atoms with Gasteiger partial charge in [-0.3, -0.25) is 4.79 Å². The van der Waals surface area contributed by atoms with Crippen LogP contribution < -0.4 is 20.7 Å². The predicted molar refractivity (Wildman–Crippen MR) is 119 cm³/mol. The minimum absolute atomic E-state index is 0.0251. The maximum atomic E-state index is 14.4. The van der Waals surface area contributed by atoms with Crippen LogP contribution in [0.2, 0.25) is 0 Å². The number of hydrogen-bond acceptors (Lipinski definition) is 7. The fourth-order valence-electron chi connectivity index (χ4n) is 3.96. The highest BCUT2D eigenvalue weighted by Crippen LogP contribution is 2.33. The lowest BCUT2D eigenvalue weighted by Crippen LogP contribution is -2.33. The highest BCUT2D eigenvalue weighted by atomic mass is 19.1. The number of rotatable bonds is 6. The summed E-state index contributed by atoms with van der Waals surface area (Å²) in [5.41, 5.74) is 6.75. The molecule has 0 saturated carbocycles. The van der Waals surface area contributed by atoms with Gasteiger partial charge in [0.2, 0.25) is 0 Å². The molecule has 4 N–H and O–H groups in total. The summed E-state index contributed by atoms with van der Waals surface area (Å²) in [6.45, 7) is 0.322. The number of nitrogens with two attached hydrogens (primary N) is 1. The minimum atomic E-state index is -0.634. The first kappa shape index (κ1) is 22.6. The molecule has 0 radical (unpaired) electrons. The zero-order chi connectivity index (χ0) is 23.5. The number of ether oxygens (including phenoxy) is 1. The van der Waals surface area contributed by atoms with Crippen molar-refractivity contribution in [2.45, 2.75) is 18.5 Å². The number of nitrogens with one attached hydrogen (secondary N) is 1. The van der Waals surface area contributed by atoms with Crippen LogP contribution in [0.15, 0.2) is 48.7 Å². The molecule has 1 aromatic heterocycles.